The van der Waals surface area contributed by atoms with E-state index < -0.39 is 0 Å². The van der Waals surface area contributed by atoms with E-state index in [9.17, 15) is 9.59 Å². The fourth-order valence-electron chi connectivity index (χ4n) is 1.42. The molecule has 0 aromatic heterocycles. The van der Waals surface area contributed by atoms with E-state index in [0.29, 0.717) is 18.6 Å². The van der Waals surface area contributed by atoms with Gasteiger partial charge in [-0.15, -0.1) is 0 Å². The summed E-state index contributed by atoms with van der Waals surface area (Å²) >= 11 is 0. The summed E-state index contributed by atoms with van der Waals surface area (Å²) in [5.41, 5.74) is 1.10. The van der Waals surface area contributed by atoms with Crippen molar-refractivity contribution in [3.8, 4) is 0 Å². The monoisotopic (exact) mass is 248 g/mol. The maximum atomic E-state index is 11.9. The highest BCUT2D eigenvalue weighted by Gasteiger charge is 2.21. The first-order chi connectivity index (χ1) is 8.34. The van der Waals surface area contributed by atoms with Crippen LogP contribution in [0.25, 0.3) is 0 Å². The Bertz CT molecular complexity index is 424. The molecule has 0 fully saturated rings. The minimum Gasteiger partial charge on any atom is -0.462 e. The summed E-state index contributed by atoms with van der Waals surface area (Å²) in [7, 11) is 0. The van der Waals surface area contributed by atoms with Gasteiger partial charge in [0.25, 0.3) is 0 Å². The van der Waals surface area contributed by atoms with Crippen molar-refractivity contribution in [2.75, 3.05) is 6.61 Å². The van der Waals surface area contributed by atoms with E-state index in [1.165, 1.54) is 0 Å². The van der Waals surface area contributed by atoms with Crippen LogP contribution in [0, 0.1) is 5.41 Å². The molecular formula is C15H20O3. The van der Waals surface area contributed by atoms with Crippen molar-refractivity contribution in [3.63, 3.8) is 0 Å². The van der Waals surface area contributed by atoms with Crippen LogP contribution in [-0.4, -0.2) is 18.4 Å². The van der Waals surface area contributed by atoms with Gasteiger partial charge in [-0.1, -0.05) is 32.9 Å². The zero-order valence-electron chi connectivity index (χ0n) is 11.4. The summed E-state index contributed by atoms with van der Waals surface area (Å²) in [5.74, 6) is -0.141. The summed E-state index contributed by atoms with van der Waals surface area (Å²) in [5, 5.41) is 0. The largest absolute Gasteiger partial charge is 0.462 e. The van der Waals surface area contributed by atoms with Crippen molar-refractivity contribution in [2.24, 2.45) is 5.41 Å². The van der Waals surface area contributed by atoms with Gasteiger partial charge in [0, 0.05) is 11.8 Å². The van der Waals surface area contributed by atoms with Gasteiger partial charge in [0.2, 0.25) is 0 Å². The second kappa shape index (κ2) is 5.80. The summed E-state index contributed by atoms with van der Waals surface area (Å²) < 4.78 is 4.90. The number of rotatable bonds is 4. The molecule has 18 heavy (non-hydrogen) atoms. The number of esters is 1. The van der Waals surface area contributed by atoms with E-state index in [0.717, 1.165) is 5.56 Å². The number of carbonyl (C=O) groups excluding carboxylic acids is 2. The first-order valence-electron chi connectivity index (χ1n) is 6.14. The Morgan fingerprint density at radius 1 is 1.11 bits per heavy atom. The molecule has 0 heterocycles. The highest BCUT2D eigenvalue weighted by Crippen LogP contribution is 2.18. The molecule has 0 aliphatic rings. The van der Waals surface area contributed by atoms with Crippen LogP contribution in [0.5, 0.6) is 0 Å². The molecule has 0 aliphatic heterocycles. The quantitative estimate of drug-likeness (QED) is 0.769. The predicted octanol–water partition coefficient (Wildman–Crippen LogP) is 3.02. The van der Waals surface area contributed by atoms with Crippen molar-refractivity contribution in [1.82, 2.24) is 0 Å². The smallest absolute Gasteiger partial charge is 0.338 e. The predicted molar refractivity (Wildman–Crippen MR) is 70.6 cm³/mol. The van der Waals surface area contributed by atoms with Gasteiger partial charge in [-0.2, -0.15) is 0 Å². The Hall–Kier alpha value is -1.64. The summed E-state index contributed by atoms with van der Waals surface area (Å²) in [6.45, 7) is 7.85. The van der Waals surface area contributed by atoms with E-state index in [4.69, 9.17) is 4.74 Å². The maximum absolute atomic E-state index is 11.9. The summed E-state index contributed by atoms with van der Waals surface area (Å²) in [6, 6.07) is 7.00. The first-order valence-corrected chi connectivity index (χ1v) is 6.14. The average Bonchev–Trinajstić information content (AvgIpc) is 2.29. The molecule has 1 aromatic rings. The topological polar surface area (TPSA) is 43.4 Å². The zero-order valence-corrected chi connectivity index (χ0v) is 11.4. The third-order valence-electron chi connectivity index (χ3n) is 2.67. The van der Waals surface area contributed by atoms with Gasteiger partial charge in [-0.3, -0.25) is 4.79 Å². The Balaban J connectivity index is 2.72. The fraction of sp³-hybridized carbons (Fsp3) is 0.467. The van der Waals surface area contributed by atoms with Crippen molar-refractivity contribution < 1.29 is 14.3 Å². The molecule has 0 spiro atoms. The van der Waals surface area contributed by atoms with Crippen LogP contribution in [0.15, 0.2) is 24.3 Å². The van der Waals surface area contributed by atoms with Gasteiger partial charge < -0.3 is 4.74 Å². The number of ketones is 1. The molecule has 0 atom stereocenters. The number of ether oxygens (including phenoxy) is 1. The lowest BCUT2D eigenvalue weighted by molar-refractivity contribution is -0.125. The average molecular weight is 248 g/mol. The molecule has 3 heteroatoms. The highest BCUT2D eigenvalue weighted by atomic mass is 16.5. The van der Waals surface area contributed by atoms with Crippen molar-refractivity contribution in [2.45, 2.75) is 34.1 Å². The third kappa shape index (κ3) is 3.99. The van der Waals surface area contributed by atoms with Gasteiger partial charge in [0.15, 0.2) is 0 Å². The van der Waals surface area contributed by atoms with E-state index in [1.807, 2.05) is 20.8 Å². The number of hydrogen-bond donors (Lipinski definition) is 0. The molecular weight excluding hydrogens is 228 g/mol. The summed E-state index contributed by atoms with van der Waals surface area (Å²) in [6.07, 6.45) is 0.395. The Morgan fingerprint density at radius 3 is 2.11 bits per heavy atom. The van der Waals surface area contributed by atoms with Gasteiger partial charge in [-0.25, -0.2) is 4.79 Å². The molecule has 0 unspecified atom stereocenters. The Kier molecular flexibility index (Phi) is 4.65. The molecule has 3 nitrogen and oxygen atoms in total. The van der Waals surface area contributed by atoms with Crippen LogP contribution in [-0.2, 0) is 16.0 Å². The van der Waals surface area contributed by atoms with Gasteiger partial charge in [-0.05, 0) is 24.6 Å². The molecule has 0 bridgehead atoms. The number of carbonyl (C=O) groups is 2. The molecule has 1 rings (SSSR count). The SMILES string of the molecule is CCOC(=O)c1ccc(CC(=O)C(C)(C)C)cc1. The zero-order chi connectivity index (χ0) is 13.8. The normalized spacial score (nSPS) is 11.1. The standard InChI is InChI=1S/C15H20O3/c1-5-18-14(17)12-8-6-11(7-9-12)10-13(16)15(2,3)4/h6-9H,5,10H2,1-4H3. The minimum atomic E-state index is -0.334. The van der Waals surface area contributed by atoms with E-state index in [2.05, 4.69) is 0 Å². The molecule has 0 N–H and O–H groups in total. The van der Waals surface area contributed by atoms with Crippen LogP contribution in [0.1, 0.15) is 43.6 Å². The van der Waals surface area contributed by atoms with Crippen LogP contribution < -0.4 is 0 Å². The second-order valence-corrected chi connectivity index (χ2v) is 5.27. The van der Waals surface area contributed by atoms with E-state index in [1.54, 1.807) is 31.2 Å². The molecule has 0 saturated carbocycles. The lowest BCUT2D eigenvalue weighted by Gasteiger charge is -2.16. The lowest BCUT2D eigenvalue weighted by Crippen LogP contribution is -2.22. The second-order valence-electron chi connectivity index (χ2n) is 5.27. The fourth-order valence-corrected chi connectivity index (χ4v) is 1.42. The molecule has 0 saturated heterocycles. The van der Waals surface area contributed by atoms with Crippen LogP contribution >= 0.6 is 0 Å². The Morgan fingerprint density at radius 2 is 1.67 bits per heavy atom. The number of benzene rings is 1. The summed E-state index contributed by atoms with van der Waals surface area (Å²) in [4.78, 5) is 23.3. The van der Waals surface area contributed by atoms with Crippen LogP contribution in [0.4, 0.5) is 0 Å². The van der Waals surface area contributed by atoms with Crippen molar-refractivity contribution >= 4 is 11.8 Å². The molecule has 1 aromatic carbocycles. The van der Waals surface area contributed by atoms with E-state index in [-0.39, 0.29) is 17.2 Å². The van der Waals surface area contributed by atoms with Crippen molar-refractivity contribution in [1.29, 1.82) is 0 Å². The lowest BCUT2D eigenvalue weighted by atomic mass is 9.87. The van der Waals surface area contributed by atoms with Gasteiger partial charge >= 0.3 is 5.97 Å². The number of Topliss-reactive ketones (excluding diaryl/α,β-unsaturated/α-hetero) is 1. The van der Waals surface area contributed by atoms with Gasteiger partial charge in [0.05, 0.1) is 12.2 Å². The minimum absolute atomic E-state index is 0.186. The van der Waals surface area contributed by atoms with Crippen LogP contribution in [0.2, 0.25) is 0 Å². The molecule has 0 aliphatic carbocycles. The Labute approximate surface area is 108 Å². The van der Waals surface area contributed by atoms with E-state index >= 15 is 0 Å². The molecule has 98 valence electrons. The maximum Gasteiger partial charge on any atom is 0.338 e. The van der Waals surface area contributed by atoms with Crippen LogP contribution in [0.3, 0.4) is 0 Å². The molecule has 0 amide bonds. The van der Waals surface area contributed by atoms with Gasteiger partial charge in [0.1, 0.15) is 5.78 Å². The number of hydrogen-bond acceptors (Lipinski definition) is 3. The molecule has 0 radical (unpaired) electrons. The highest BCUT2D eigenvalue weighted by molar-refractivity contribution is 5.90. The van der Waals surface area contributed by atoms with Crippen molar-refractivity contribution in [3.05, 3.63) is 35.4 Å². The third-order valence-corrected chi connectivity index (χ3v) is 2.67. The first kappa shape index (κ1) is 14.4.